The standard InChI is InChI=1S/C13H21N3OS/c1-12(2)7-16(8-13(3,4)17-12)11-14-10(15-18-11)9-5-6-9/h9H,5-8H2,1-4H3. The first kappa shape index (κ1) is 12.4. The molecule has 1 saturated heterocycles. The molecule has 1 aliphatic heterocycles. The second-order valence-corrected chi connectivity index (χ2v) is 7.42. The lowest BCUT2D eigenvalue weighted by atomic mass is 9.99. The van der Waals surface area contributed by atoms with E-state index in [1.165, 1.54) is 24.4 Å². The van der Waals surface area contributed by atoms with E-state index in [4.69, 9.17) is 9.72 Å². The molecule has 1 aromatic heterocycles. The first-order valence-corrected chi connectivity index (χ1v) is 7.41. The molecule has 1 aromatic rings. The van der Waals surface area contributed by atoms with Crippen molar-refractivity contribution in [3.05, 3.63) is 5.82 Å². The summed E-state index contributed by atoms with van der Waals surface area (Å²) in [6.07, 6.45) is 2.52. The number of aromatic nitrogens is 2. The van der Waals surface area contributed by atoms with Crippen LogP contribution in [0, 0.1) is 0 Å². The Kier molecular flexibility index (Phi) is 2.68. The van der Waals surface area contributed by atoms with Crippen molar-refractivity contribution in [3.63, 3.8) is 0 Å². The molecule has 3 rings (SSSR count). The quantitative estimate of drug-likeness (QED) is 0.826. The van der Waals surface area contributed by atoms with Gasteiger partial charge in [0.2, 0.25) is 5.13 Å². The number of rotatable bonds is 2. The molecule has 0 amide bonds. The molecule has 5 heteroatoms. The second kappa shape index (κ2) is 3.90. The molecule has 0 N–H and O–H groups in total. The highest BCUT2D eigenvalue weighted by Crippen LogP contribution is 2.40. The molecule has 0 atom stereocenters. The van der Waals surface area contributed by atoms with Gasteiger partial charge in [-0.3, -0.25) is 0 Å². The highest BCUT2D eigenvalue weighted by Gasteiger charge is 2.39. The number of nitrogens with zero attached hydrogens (tertiary/aromatic N) is 3. The number of ether oxygens (including phenoxy) is 1. The summed E-state index contributed by atoms with van der Waals surface area (Å²) in [6, 6.07) is 0. The average molecular weight is 267 g/mol. The van der Waals surface area contributed by atoms with Gasteiger partial charge in [0.1, 0.15) is 5.82 Å². The fraction of sp³-hybridized carbons (Fsp3) is 0.846. The van der Waals surface area contributed by atoms with E-state index in [0.29, 0.717) is 5.92 Å². The summed E-state index contributed by atoms with van der Waals surface area (Å²) in [6.45, 7) is 10.3. The van der Waals surface area contributed by atoms with Crippen molar-refractivity contribution in [2.24, 2.45) is 0 Å². The fourth-order valence-corrected chi connectivity index (χ4v) is 3.53. The Morgan fingerprint density at radius 2 is 1.78 bits per heavy atom. The summed E-state index contributed by atoms with van der Waals surface area (Å²) in [5, 5.41) is 1.06. The van der Waals surface area contributed by atoms with E-state index in [9.17, 15) is 0 Å². The zero-order valence-electron chi connectivity index (χ0n) is 11.6. The maximum absolute atomic E-state index is 6.09. The Morgan fingerprint density at radius 1 is 1.17 bits per heavy atom. The van der Waals surface area contributed by atoms with Gasteiger partial charge in [0, 0.05) is 30.5 Å². The number of anilines is 1. The molecule has 0 unspecified atom stereocenters. The third-order valence-corrected chi connectivity index (χ3v) is 4.13. The fourth-order valence-electron chi connectivity index (χ4n) is 2.79. The monoisotopic (exact) mass is 267 g/mol. The molecule has 2 heterocycles. The smallest absolute Gasteiger partial charge is 0.205 e. The van der Waals surface area contributed by atoms with Gasteiger partial charge in [-0.1, -0.05) is 0 Å². The SMILES string of the molecule is CC1(C)CN(c2nc(C3CC3)ns2)CC(C)(C)O1. The summed E-state index contributed by atoms with van der Waals surface area (Å²) < 4.78 is 10.6. The molecule has 0 radical (unpaired) electrons. The van der Waals surface area contributed by atoms with Crippen LogP contribution < -0.4 is 4.90 Å². The Labute approximate surface area is 113 Å². The largest absolute Gasteiger partial charge is 0.366 e. The Bertz CT molecular complexity index is 435. The Hall–Kier alpha value is -0.680. The highest BCUT2D eigenvalue weighted by atomic mass is 32.1. The molecule has 18 heavy (non-hydrogen) atoms. The number of hydrogen-bond donors (Lipinski definition) is 0. The molecule has 2 aliphatic rings. The van der Waals surface area contributed by atoms with E-state index in [1.54, 1.807) is 0 Å². The third kappa shape index (κ3) is 2.52. The Balaban J connectivity index is 1.81. The second-order valence-electron chi connectivity index (χ2n) is 6.69. The van der Waals surface area contributed by atoms with Crippen molar-refractivity contribution < 1.29 is 4.74 Å². The Morgan fingerprint density at radius 3 is 2.33 bits per heavy atom. The number of hydrogen-bond acceptors (Lipinski definition) is 5. The van der Waals surface area contributed by atoms with Crippen LogP contribution in [0.3, 0.4) is 0 Å². The first-order chi connectivity index (χ1) is 8.35. The minimum Gasteiger partial charge on any atom is -0.366 e. The summed E-state index contributed by atoms with van der Waals surface area (Å²) in [5.41, 5.74) is -0.264. The van der Waals surface area contributed by atoms with Crippen molar-refractivity contribution in [2.45, 2.75) is 57.7 Å². The molecule has 2 fully saturated rings. The van der Waals surface area contributed by atoms with E-state index in [1.807, 2.05) is 0 Å². The van der Waals surface area contributed by atoms with Gasteiger partial charge in [-0.2, -0.15) is 4.37 Å². The molecule has 0 spiro atoms. The normalized spacial score (nSPS) is 26.3. The third-order valence-electron chi connectivity index (χ3n) is 3.34. The lowest BCUT2D eigenvalue weighted by Crippen LogP contribution is -2.57. The van der Waals surface area contributed by atoms with Gasteiger partial charge >= 0.3 is 0 Å². The van der Waals surface area contributed by atoms with E-state index in [-0.39, 0.29) is 11.2 Å². The molecule has 0 aromatic carbocycles. The van der Waals surface area contributed by atoms with E-state index >= 15 is 0 Å². The van der Waals surface area contributed by atoms with Crippen LogP contribution in [0.15, 0.2) is 0 Å². The van der Waals surface area contributed by atoms with Crippen LogP contribution in [0.2, 0.25) is 0 Å². The minimum atomic E-state index is -0.132. The van der Waals surface area contributed by atoms with Gasteiger partial charge in [-0.25, -0.2) is 4.98 Å². The van der Waals surface area contributed by atoms with Gasteiger partial charge in [-0.15, -0.1) is 0 Å². The van der Waals surface area contributed by atoms with Crippen molar-refractivity contribution in [1.82, 2.24) is 9.36 Å². The first-order valence-electron chi connectivity index (χ1n) is 6.63. The molecule has 4 nitrogen and oxygen atoms in total. The minimum absolute atomic E-state index is 0.132. The van der Waals surface area contributed by atoms with Gasteiger partial charge < -0.3 is 9.64 Å². The van der Waals surface area contributed by atoms with Crippen LogP contribution in [0.25, 0.3) is 0 Å². The van der Waals surface area contributed by atoms with Crippen LogP contribution in [0.5, 0.6) is 0 Å². The van der Waals surface area contributed by atoms with Crippen molar-refractivity contribution in [3.8, 4) is 0 Å². The van der Waals surface area contributed by atoms with Gasteiger partial charge in [-0.05, 0) is 40.5 Å². The average Bonchev–Trinajstić information content (AvgIpc) is 2.92. The van der Waals surface area contributed by atoms with Crippen LogP contribution in [-0.4, -0.2) is 33.6 Å². The predicted molar refractivity (Wildman–Crippen MR) is 73.3 cm³/mol. The molecule has 0 bridgehead atoms. The lowest BCUT2D eigenvalue weighted by Gasteiger charge is -2.46. The van der Waals surface area contributed by atoms with Crippen LogP contribution in [-0.2, 0) is 4.74 Å². The maximum Gasteiger partial charge on any atom is 0.205 e. The summed E-state index contributed by atoms with van der Waals surface area (Å²) in [4.78, 5) is 7.03. The zero-order valence-corrected chi connectivity index (χ0v) is 12.4. The van der Waals surface area contributed by atoms with Crippen LogP contribution in [0.4, 0.5) is 5.13 Å². The van der Waals surface area contributed by atoms with Crippen molar-refractivity contribution in [2.75, 3.05) is 18.0 Å². The highest BCUT2D eigenvalue weighted by molar-refractivity contribution is 7.09. The topological polar surface area (TPSA) is 38.2 Å². The van der Waals surface area contributed by atoms with Crippen molar-refractivity contribution in [1.29, 1.82) is 0 Å². The van der Waals surface area contributed by atoms with E-state index < -0.39 is 0 Å². The molecule has 1 aliphatic carbocycles. The zero-order chi connectivity index (χ0) is 13.0. The molecular weight excluding hydrogens is 246 g/mol. The predicted octanol–water partition coefficient (Wildman–Crippen LogP) is 2.81. The number of morpholine rings is 1. The summed E-state index contributed by atoms with van der Waals surface area (Å²) >= 11 is 1.54. The van der Waals surface area contributed by atoms with Crippen LogP contribution >= 0.6 is 11.5 Å². The van der Waals surface area contributed by atoms with Crippen molar-refractivity contribution >= 4 is 16.7 Å². The molecule has 1 saturated carbocycles. The summed E-state index contributed by atoms with van der Waals surface area (Å²) in [5.74, 6) is 1.69. The summed E-state index contributed by atoms with van der Waals surface area (Å²) in [7, 11) is 0. The maximum atomic E-state index is 6.09. The van der Waals surface area contributed by atoms with Gasteiger partial charge in [0.25, 0.3) is 0 Å². The molecular formula is C13H21N3OS. The van der Waals surface area contributed by atoms with Gasteiger partial charge in [0.15, 0.2) is 0 Å². The van der Waals surface area contributed by atoms with Crippen LogP contribution in [0.1, 0.15) is 52.3 Å². The van der Waals surface area contributed by atoms with Gasteiger partial charge in [0.05, 0.1) is 11.2 Å². The van der Waals surface area contributed by atoms with E-state index in [0.717, 1.165) is 24.0 Å². The lowest BCUT2D eigenvalue weighted by molar-refractivity contribution is -0.133. The van der Waals surface area contributed by atoms with E-state index in [2.05, 4.69) is 37.0 Å². The molecule has 100 valence electrons.